The first-order valence-electron chi connectivity index (χ1n) is 21.3. The molecule has 0 bridgehead atoms. The van der Waals surface area contributed by atoms with E-state index >= 15 is 0 Å². The van der Waals surface area contributed by atoms with Gasteiger partial charge in [0, 0.05) is 64.0 Å². The zero-order chi connectivity index (χ0) is 41.1. The van der Waals surface area contributed by atoms with Crippen molar-refractivity contribution in [1.29, 1.82) is 0 Å². The van der Waals surface area contributed by atoms with Crippen LogP contribution in [0.4, 0.5) is 5.69 Å². The summed E-state index contributed by atoms with van der Waals surface area (Å²) in [5.74, 6) is 1.95. The number of amides is 3. The number of phenols is 1. The molecule has 1 unspecified atom stereocenters. The number of aromatic hydroxyl groups is 1. The van der Waals surface area contributed by atoms with E-state index in [9.17, 15) is 19.5 Å². The van der Waals surface area contributed by atoms with Gasteiger partial charge in [-0.15, -0.1) is 11.8 Å². The number of aliphatic imine (C=N–C) groups is 1. The fraction of sp³-hybridized carbons (Fsp3) is 0.636. The Balaban J connectivity index is 0.854. The first kappa shape index (κ1) is 43.9. The molecule has 1 atom stereocenters. The molecule has 0 saturated carbocycles. The number of ether oxygens (including phenoxy) is 3. The predicted octanol–water partition coefficient (Wildman–Crippen LogP) is 4.40. The minimum atomic E-state index is -0.285. The maximum absolute atomic E-state index is 13.3. The second-order valence-corrected chi connectivity index (χ2v) is 17.8. The molecule has 4 heterocycles. The van der Waals surface area contributed by atoms with Crippen LogP contribution >= 0.6 is 11.8 Å². The lowest BCUT2D eigenvalue weighted by Crippen LogP contribution is -2.59. The molecular weight excluding hydrogens is 757 g/mol. The van der Waals surface area contributed by atoms with E-state index in [4.69, 9.17) is 19.2 Å². The van der Waals surface area contributed by atoms with Crippen LogP contribution in [0.5, 0.6) is 11.5 Å². The van der Waals surface area contributed by atoms with Crippen LogP contribution < -0.4 is 15.4 Å². The second-order valence-electron chi connectivity index (χ2n) is 16.8. The summed E-state index contributed by atoms with van der Waals surface area (Å²) in [5, 5.41) is 17.3. The van der Waals surface area contributed by atoms with Gasteiger partial charge in [-0.1, -0.05) is 58.0 Å². The molecule has 4 aliphatic rings. The van der Waals surface area contributed by atoms with Gasteiger partial charge in [0.2, 0.25) is 11.8 Å². The van der Waals surface area contributed by atoms with Gasteiger partial charge in [-0.3, -0.25) is 19.4 Å². The molecule has 3 N–H and O–H groups in total. The van der Waals surface area contributed by atoms with E-state index < -0.39 is 0 Å². The molecule has 1 spiro atoms. The Morgan fingerprint density at radius 3 is 2.62 bits per heavy atom. The van der Waals surface area contributed by atoms with Crippen LogP contribution in [0.1, 0.15) is 63.6 Å². The number of rotatable bonds is 19. The number of piperidine rings is 1. The van der Waals surface area contributed by atoms with Gasteiger partial charge in [0.25, 0.3) is 5.91 Å². The number of thioether (sulfide) groups is 1. The lowest BCUT2D eigenvalue weighted by Gasteiger charge is -2.47. The van der Waals surface area contributed by atoms with Gasteiger partial charge in [0.05, 0.1) is 36.9 Å². The zero-order valence-corrected chi connectivity index (χ0v) is 35.7. The third-order valence-electron chi connectivity index (χ3n) is 11.4. The standard InChI is InChI=1S/C44H64N6O7S/c1-31(2)27-49(21-17-45-16-10-35-8-9-37(51)40-41(35)56-28-38(52)47-40)39(53)13-24-55-23-12-34-7-5-6-33(26-34)11-18-48-19-14-44(15-20-48)30-50(22-25-57-44)43(54)36-29-58-42(46-36)32(3)4/h5-9,26,31-32,36,45,51H,10-25,27-30H2,1-4H3,(H,47,52). The number of nitrogens with zero attached hydrogens (tertiary/aromatic N) is 4. The summed E-state index contributed by atoms with van der Waals surface area (Å²) in [4.78, 5) is 49.4. The Hall–Kier alpha value is -3.69. The molecule has 3 amide bonds. The molecule has 6 rings (SSSR count). The molecule has 2 saturated heterocycles. The number of anilines is 1. The number of nitrogens with one attached hydrogen (secondary N) is 2. The Bertz CT molecular complexity index is 1750. The second kappa shape index (κ2) is 21.0. The van der Waals surface area contributed by atoms with Gasteiger partial charge in [-0.2, -0.15) is 0 Å². The average molecular weight is 821 g/mol. The van der Waals surface area contributed by atoms with Crippen LogP contribution in [0, 0.1) is 11.8 Å². The van der Waals surface area contributed by atoms with Crippen molar-refractivity contribution in [3.63, 3.8) is 0 Å². The summed E-state index contributed by atoms with van der Waals surface area (Å²) in [5.41, 5.74) is 3.54. The van der Waals surface area contributed by atoms with Crippen molar-refractivity contribution in [3.05, 3.63) is 53.1 Å². The molecule has 0 aliphatic carbocycles. The van der Waals surface area contributed by atoms with Crippen molar-refractivity contribution >= 4 is 40.2 Å². The summed E-state index contributed by atoms with van der Waals surface area (Å²) in [7, 11) is 0. The average Bonchev–Trinajstić information content (AvgIpc) is 3.72. The fourth-order valence-corrected chi connectivity index (χ4v) is 9.22. The predicted molar refractivity (Wildman–Crippen MR) is 229 cm³/mol. The molecule has 13 nitrogen and oxygen atoms in total. The highest BCUT2D eigenvalue weighted by Crippen LogP contribution is 2.39. The number of hydrogen-bond acceptors (Lipinski definition) is 11. The van der Waals surface area contributed by atoms with E-state index in [1.165, 1.54) is 11.1 Å². The van der Waals surface area contributed by atoms with Crippen LogP contribution in [-0.2, 0) is 43.1 Å². The molecule has 0 radical (unpaired) electrons. The molecule has 58 heavy (non-hydrogen) atoms. The molecule has 2 aromatic rings. The normalized spacial score (nSPS) is 19.3. The highest BCUT2D eigenvalue weighted by atomic mass is 32.2. The zero-order valence-electron chi connectivity index (χ0n) is 34.9. The molecular formula is C44H64N6O7S. The highest BCUT2D eigenvalue weighted by molar-refractivity contribution is 8.14. The monoisotopic (exact) mass is 820 g/mol. The number of likely N-dealkylation sites (tertiary alicyclic amines) is 1. The van der Waals surface area contributed by atoms with E-state index in [0.29, 0.717) is 95.2 Å². The smallest absolute Gasteiger partial charge is 0.262 e. The molecule has 0 aromatic heterocycles. The van der Waals surface area contributed by atoms with Crippen molar-refractivity contribution < 1.29 is 33.7 Å². The summed E-state index contributed by atoms with van der Waals surface area (Å²) in [6, 6.07) is 11.9. The van der Waals surface area contributed by atoms with Crippen LogP contribution in [0.3, 0.4) is 0 Å². The van der Waals surface area contributed by atoms with Crippen molar-refractivity contribution in [2.24, 2.45) is 16.8 Å². The third kappa shape index (κ3) is 12.2. The van der Waals surface area contributed by atoms with Crippen LogP contribution in [-0.4, -0.2) is 145 Å². The molecule has 2 fully saturated rings. The lowest BCUT2D eigenvalue weighted by atomic mass is 9.89. The lowest BCUT2D eigenvalue weighted by molar-refractivity contribution is -0.160. The summed E-state index contributed by atoms with van der Waals surface area (Å²) in [6.45, 7) is 16.9. The first-order chi connectivity index (χ1) is 28.0. The number of fused-ring (bicyclic) bond motifs is 1. The maximum Gasteiger partial charge on any atom is 0.262 e. The van der Waals surface area contributed by atoms with E-state index in [2.05, 4.69) is 67.5 Å². The fourth-order valence-electron chi connectivity index (χ4n) is 8.13. The SMILES string of the molecule is CC(C)CN(CCNCCc1ccc(O)c2c1OCC(=O)N2)C(=O)CCOCCc1cccc(CCN2CCC3(CC2)CN(C(=O)C2CSC(C(C)C)=N2)CCO3)c1. The number of phenolic OH excluding ortho intramolecular Hbond substituents is 1. The van der Waals surface area contributed by atoms with Crippen molar-refractivity contribution in [3.8, 4) is 11.5 Å². The number of hydrogen-bond donors (Lipinski definition) is 3. The Labute approximate surface area is 348 Å². The number of morpholine rings is 1. The van der Waals surface area contributed by atoms with Crippen LogP contribution in [0.15, 0.2) is 41.4 Å². The van der Waals surface area contributed by atoms with E-state index in [0.717, 1.165) is 61.7 Å². The summed E-state index contributed by atoms with van der Waals surface area (Å²) < 4.78 is 17.9. The summed E-state index contributed by atoms with van der Waals surface area (Å²) in [6.07, 6.45) is 4.65. The number of carbonyl (C=O) groups excluding carboxylic acids is 3. The Kier molecular flexibility index (Phi) is 15.9. The molecule has 14 heteroatoms. The first-order valence-corrected chi connectivity index (χ1v) is 22.2. The molecule has 318 valence electrons. The van der Waals surface area contributed by atoms with E-state index in [-0.39, 0.29) is 41.7 Å². The van der Waals surface area contributed by atoms with Gasteiger partial charge < -0.3 is 44.7 Å². The van der Waals surface area contributed by atoms with E-state index in [1.54, 1.807) is 17.8 Å². The third-order valence-corrected chi connectivity index (χ3v) is 12.7. The van der Waals surface area contributed by atoms with Crippen molar-refractivity contribution in [1.82, 2.24) is 20.0 Å². The van der Waals surface area contributed by atoms with Crippen LogP contribution in [0.2, 0.25) is 0 Å². The number of benzene rings is 2. The minimum absolute atomic E-state index is 0.0104. The summed E-state index contributed by atoms with van der Waals surface area (Å²) >= 11 is 1.73. The maximum atomic E-state index is 13.3. The minimum Gasteiger partial charge on any atom is -0.506 e. The molecule has 4 aliphatic heterocycles. The van der Waals surface area contributed by atoms with Crippen molar-refractivity contribution in [2.45, 2.75) is 77.9 Å². The Morgan fingerprint density at radius 2 is 1.86 bits per heavy atom. The van der Waals surface area contributed by atoms with Crippen molar-refractivity contribution in [2.75, 3.05) is 96.4 Å². The van der Waals surface area contributed by atoms with Crippen LogP contribution in [0.25, 0.3) is 0 Å². The quantitative estimate of drug-likeness (QED) is 0.138. The van der Waals surface area contributed by atoms with Gasteiger partial charge >= 0.3 is 0 Å². The van der Waals surface area contributed by atoms with Gasteiger partial charge in [0.1, 0.15) is 17.5 Å². The van der Waals surface area contributed by atoms with Gasteiger partial charge in [-0.25, -0.2) is 0 Å². The highest BCUT2D eigenvalue weighted by Gasteiger charge is 2.42. The van der Waals surface area contributed by atoms with Gasteiger partial charge in [-0.05, 0) is 67.3 Å². The molecule has 2 aromatic carbocycles. The van der Waals surface area contributed by atoms with E-state index in [1.807, 2.05) is 15.9 Å². The number of carbonyl (C=O) groups is 3. The topological polar surface area (TPSA) is 145 Å². The van der Waals surface area contributed by atoms with Gasteiger partial charge in [0.15, 0.2) is 12.4 Å². The Morgan fingerprint density at radius 1 is 1.07 bits per heavy atom. The largest absolute Gasteiger partial charge is 0.506 e.